The van der Waals surface area contributed by atoms with Crippen LogP contribution in [0.15, 0.2) is 18.2 Å². The summed E-state index contributed by atoms with van der Waals surface area (Å²) in [6, 6.07) is 5.48. The lowest BCUT2D eigenvalue weighted by atomic mass is 9.93. The number of nitrogens with one attached hydrogen (secondary N) is 1. The second kappa shape index (κ2) is 7.26. The van der Waals surface area contributed by atoms with Gasteiger partial charge in [0, 0.05) is 36.8 Å². The molecule has 2 aliphatic heterocycles. The Hall–Kier alpha value is -1.37. The van der Waals surface area contributed by atoms with E-state index in [1.807, 2.05) is 0 Å². The Bertz CT molecular complexity index is 541. The molecular formula is C15H22ClN3O3. The lowest BCUT2D eigenvalue weighted by Gasteiger charge is -2.35. The Morgan fingerprint density at radius 1 is 1.45 bits per heavy atom. The second-order valence-corrected chi connectivity index (χ2v) is 5.89. The summed E-state index contributed by atoms with van der Waals surface area (Å²) in [5.41, 5.74) is 1.03. The third kappa shape index (κ3) is 3.51. The fraction of sp³-hybridized carbons (Fsp3) is 0.600. The number of hydrogen-bond acceptors (Lipinski definition) is 5. The SMILES string of the molecule is COc1ccc([N+](=O)[O-])cc1CN1CCC2NCCC2C1.Cl. The number of likely N-dealkylation sites (tertiary alicyclic amines) is 1. The van der Waals surface area contributed by atoms with Crippen LogP contribution in [-0.4, -0.2) is 42.6 Å². The maximum atomic E-state index is 10.9. The van der Waals surface area contributed by atoms with E-state index in [2.05, 4.69) is 10.2 Å². The quantitative estimate of drug-likeness (QED) is 0.678. The lowest BCUT2D eigenvalue weighted by molar-refractivity contribution is -0.385. The number of benzene rings is 1. The Morgan fingerprint density at radius 3 is 3.00 bits per heavy atom. The third-order valence-corrected chi connectivity index (χ3v) is 4.61. The molecule has 2 unspecified atom stereocenters. The third-order valence-electron chi connectivity index (χ3n) is 4.61. The minimum atomic E-state index is -0.351. The summed E-state index contributed by atoms with van der Waals surface area (Å²) >= 11 is 0. The van der Waals surface area contributed by atoms with E-state index in [0.29, 0.717) is 18.5 Å². The van der Waals surface area contributed by atoms with Gasteiger partial charge < -0.3 is 10.1 Å². The number of nitrogens with zero attached hydrogens (tertiary/aromatic N) is 2. The number of halogens is 1. The van der Waals surface area contributed by atoms with Gasteiger partial charge in [-0.3, -0.25) is 15.0 Å². The predicted molar refractivity (Wildman–Crippen MR) is 86.7 cm³/mol. The van der Waals surface area contributed by atoms with Crippen molar-refractivity contribution in [1.82, 2.24) is 10.2 Å². The topological polar surface area (TPSA) is 67.6 Å². The Morgan fingerprint density at radius 2 is 2.27 bits per heavy atom. The van der Waals surface area contributed by atoms with Crippen molar-refractivity contribution in [2.45, 2.75) is 25.4 Å². The molecule has 22 heavy (non-hydrogen) atoms. The van der Waals surface area contributed by atoms with Crippen molar-refractivity contribution in [3.05, 3.63) is 33.9 Å². The number of non-ortho nitro benzene ring substituents is 1. The molecular weight excluding hydrogens is 306 g/mol. The molecule has 1 aromatic carbocycles. The second-order valence-electron chi connectivity index (χ2n) is 5.89. The summed E-state index contributed by atoms with van der Waals surface area (Å²) in [5.74, 6) is 1.44. The molecule has 3 rings (SSSR count). The van der Waals surface area contributed by atoms with Gasteiger partial charge in [-0.1, -0.05) is 0 Å². The summed E-state index contributed by atoms with van der Waals surface area (Å²) in [6.45, 7) is 3.92. The van der Waals surface area contributed by atoms with E-state index >= 15 is 0 Å². The van der Waals surface area contributed by atoms with Gasteiger partial charge in [0.1, 0.15) is 5.75 Å². The zero-order chi connectivity index (χ0) is 14.8. The fourth-order valence-electron chi connectivity index (χ4n) is 3.51. The molecule has 122 valence electrons. The number of fused-ring (bicyclic) bond motifs is 1. The molecule has 1 aromatic rings. The molecule has 2 atom stereocenters. The first-order valence-electron chi connectivity index (χ1n) is 7.44. The van der Waals surface area contributed by atoms with E-state index in [0.717, 1.165) is 37.4 Å². The van der Waals surface area contributed by atoms with Crippen molar-refractivity contribution in [3.63, 3.8) is 0 Å². The smallest absolute Gasteiger partial charge is 0.270 e. The number of hydrogen-bond donors (Lipinski definition) is 1. The number of rotatable bonds is 4. The zero-order valence-corrected chi connectivity index (χ0v) is 13.5. The van der Waals surface area contributed by atoms with Crippen LogP contribution in [0.2, 0.25) is 0 Å². The standard InChI is InChI=1S/C15H21N3O3.ClH/c1-21-15-3-2-13(18(19)20)8-12(15)10-17-7-5-14-11(9-17)4-6-16-14;/h2-3,8,11,14,16H,4-7,9-10H2,1H3;1H. The molecule has 0 aromatic heterocycles. The first kappa shape index (κ1) is 17.0. The number of ether oxygens (including phenoxy) is 1. The van der Waals surface area contributed by atoms with Crippen molar-refractivity contribution in [3.8, 4) is 5.75 Å². The molecule has 0 spiro atoms. The van der Waals surface area contributed by atoms with Crippen LogP contribution in [-0.2, 0) is 6.54 Å². The number of piperidine rings is 1. The van der Waals surface area contributed by atoms with Gasteiger partial charge in [0.2, 0.25) is 0 Å². The fourth-order valence-corrected chi connectivity index (χ4v) is 3.51. The molecule has 1 N–H and O–H groups in total. The van der Waals surface area contributed by atoms with Crippen LogP contribution < -0.4 is 10.1 Å². The highest BCUT2D eigenvalue weighted by Gasteiger charge is 2.32. The Labute approximate surface area is 136 Å². The minimum absolute atomic E-state index is 0. The zero-order valence-electron chi connectivity index (χ0n) is 12.7. The van der Waals surface area contributed by atoms with Crippen LogP contribution >= 0.6 is 12.4 Å². The summed E-state index contributed by atoms with van der Waals surface area (Å²) in [5, 5.41) is 14.5. The molecule has 0 saturated carbocycles. The van der Waals surface area contributed by atoms with Crippen molar-refractivity contribution in [2.24, 2.45) is 5.92 Å². The highest BCUT2D eigenvalue weighted by molar-refractivity contribution is 5.85. The average molecular weight is 328 g/mol. The van der Waals surface area contributed by atoms with E-state index in [1.165, 1.54) is 12.5 Å². The minimum Gasteiger partial charge on any atom is -0.496 e. The molecule has 0 bridgehead atoms. The Balaban J connectivity index is 0.00000176. The molecule has 0 amide bonds. The summed E-state index contributed by atoms with van der Waals surface area (Å²) in [4.78, 5) is 13.0. The summed E-state index contributed by atoms with van der Waals surface area (Å²) < 4.78 is 5.35. The molecule has 2 fully saturated rings. The predicted octanol–water partition coefficient (Wildman–Crippen LogP) is 2.21. The van der Waals surface area contributed by atoms with Crippen LogP contribution in [0.3, 0.4) is 0 Å². The Kier molecular flexibility index (Phi) is 5.61. The van der Waals surface area contributed by atoms with Gasteiger partial charge in [0.05, 0.1) is 12.0 Å². The first-order chi connectivity index (χ1) is 10.2. The molecule has 0 radical (unpaired) electrons. The van der Waals surface area contributed by atoms with Crippen LogP contribution in [0.4, 0.5) is 5.69 Å². The number of nitro benzene ring substituents is 1. The van der Waals surface area contributed by atoms with Gasteiger partial charge in [0.25, 0.3) is 5.69 Å². The number of nitro groups is 1. The van der Waals surface area contributed by atoms with Crippen molar-refractivity contribution in [1.29, 1.82) is 0 Å². The van der Waals surface area contributed by atoms with E-state index in [1.54, 1.807) is 19.2 Å². The largest absolute Gasteiger partial charge is 0.496 e. The van der Waals surface area contributed by atoms with Gasteiger partial charge in [-0.2, -0.15) is 0 Å². The van der Waals surface area contributed by atoms with E-state index in [9.17, 15) is 10.1 Å². The van der Waals surface area contributed by atoms with Crippen molar-refractivity contribution < 1.29 is 9.66 Å². The van der Waals surface area contributed by atoms with Crippen LogP contribution in [0, 0.1) is 16.0 Å². The molecule has 2 heterocycles. The van der Waals surface area contributed by atoms with E-state index in [-0.39, 0.29) is 23.0 Å². The molecule has 2 saturated heterocycles. The van der Waals surface area contributed by atoms with Crippen LogP contribution in [0.5, 0.6) is 5.75 Å². The van der Waals surface area contributed by atoms with Gasteiger partial charge in [-0.05, 0) is 37.9 Å². The van der Waals surface area contributed by atoms with Crippen molar-refractivity contribution in [2.75, 3.05) is 26.7 Å². The molecule has 0 aliphatic carbocycles. The number of methoxy groups -OCH3 is 1. The monoisotopic (exact) mass is 327 g/mol. The van der Waals surface area contributed by atoms with Gasteiger partial charge in [0.15, 0.2) is 0 Å². The maximum absolute atomic E-state index is 10.9. The average Bonchev–Trinajstić information content (AvgIpc) is 2.94. The van der Waals surface area contributed by atoms with Gasteiger partial charge in [-0.15, -0.1) is 12.4 Å². The molecule has 7 heteroatoms. The van der Waals surface area contributed by atoms with Crippen molar-refractivity contribution >= 4 is 18.1 Å². The van der Waals surface area contributed by atoms with Crippen LogP contribution in [0.25, 0.3) is 0 Å². The summed E-state index contributed by atoms with van der Waals surface area (Å²) in [7, 11) is 1.61. The highest BCUT2D eigenvalue weighted by Crippen LogP contribution is 2.29. The van der Waals surface area contributed by atoms with E-state index in [4.69, 9.17) is 4.74 Å². The van der Waals surface area contributed by atoms with Gasteiger partial charge in [-0.25, -0.2) is 0 Å². The van der Waals surface area contributed by atoms with E-state index < -0.39 is 0 Å². The normalized spacial score (nSPS) is 24.4. The highest BCUT2D eigenvalue weighted by atomic mass is 35.5. The maximum Gasteiger partial charge on any atom is 0.270 e. The molecule has 2 aliphatic rings. The van der Waals surface area contributed by atoms with Crippen LogP contribution in [0.1, 0.15) is 18.4 Å². The lowest BCUT2D eigenvalue weighted by Crippen LogP contribution is -2.43. The first-order valence-corrected chi connectivity index (χ1v) is 7.44. The molecule has 6 nitrogen and oxygen atoms in total. The summed E-state index contributed by atoms with van der Waals surface area (Å²) in [6.07, 6.45) is 2.38. The van der Waals surface area contributed by atoms with Gasteiger partial charge >= 0.3 is 0 Å².